The Morgan fingerprint density at radius 1 is 1.50 bits per heavy atom. The lowest BCUT2D eigenvalue weighted by atomic mass is 10.1. The maximum atomic E-state index is 12.5. The first-order valence-corrected chi connectivity index (χ1v) is 6.84. The van der Waals surface area contributed by atoms with Crippen LogP contribution in [-0.2, 0) is 0 Å². The molecule has 0 radical (unpaired) electrons. The van der Waals surface area contributed by atoms with Gasteiger partial charge >= 0.3 is 0 Å². The summed E-state index contributed by atoms with van der Waals surface area (Å²) in [6, 6.07) is 5.07. The second kappa shape index (κ2) is 5.61. The highest BCUT2D eigenvalue weighted by Crippen LogP contribution is 2.31. The molecule has 1 aromatic carbocycles. The summed E-state index contributed by atoms with van der Waals surface area (Å²) in [5.74, 6) is 0.682. The lowest BCUT2D eigenvalue weighted by Crippen LogP contribution is -2.33. The topological polar surface area (TPSA) is 46.3 Å². The lowest BCUT2D eigenvalue weighted by Gasteiger charge is -2.22. The van der Waals surface area contributed by atoms with Crippen molar-refractivity contribution in [2.24, 2.45) is 5.92 Å². The maximum absolute atomic E-state index is 12.5. The fourth-order valence-electron chi connectivity index (χ4n) is 2.03. The number of hydrogen-bond donors (Lipinski definition) is 1. The molecule has 1 aromatic rings. The highest BCUT2D eigenvalue weighted by atomic mass is 35.5. The SMILES string of the molecule is CCCN(CC1CC1)C(=O)c1cc(N)ccc1Cl. The van der Waals surface area contributed by atoms with Crippen molar-refractivity contribution in [2.45, 2.75) is 26.2 Å². The van der Waals surface area contributed by atoms with E-state index in [1.807, 2.05) is 4.90 Å². The molecule has 1 amide bonds. The van der Waals surface area contributed by atoms with E-state index in [1.54, 1.807) is 18.2 Å². The summed E-state index contributed by atoms with van der Waals surface area (Å²) < 4.78 is 0. The van der Waals surface area contributed by atoms with E-state index >= 15 is 0 Å². The second-order valence-electron chi connectivity index (χ2n) is 4.93. The first-order chi connectivity index (χ1) is 8.61. The van der Waals surface area contributed by atoms with E-state index in [-0.39, 0.29) is 5.91 Å². The molecule has 18 heavy (non-hydrogen) atoms. The number of amides is 1. The Morgan fingerprint density at radius 3 is 2.83 bits per heavy atom. The molecule has 3 nitrogen and oxygen atoms in total. The molecule has 1 aliphatic rings. The van der Waals surface area contributed by atoms with Gasteiger partial charge in [-0.2, -0.15) is 0 Å². The van der Waals surface area contributed by atoms with Crippen LogP contribution in [-0.4, -0.2) is 23.9 Å². The summed E-state index contributed by atoms with van der Waals surface area (Å²) >= 11 is 6.08. The smallest absolute Gasteiger partial charge is 0.255 e. The van der Waals surface area contributed by atoms with Gasteiger partial charge in [0.2, 0.25) is 0 Å². The van der Waals surface area contributed by atoms with Crippen LogP contribution < -0.4 is 5.73 Å². The molecule has 0 heterocycles. The molecule has 0 bridgehead atoms. The van der Waals surface area contributed by atoms with Crippen molar-refractivity contribution < 1.29 is 4.79 Å². The van der Waals surface area contributed by atoms with E-state index in [0.717, 1.165) is 19.5 Å². The minimum Gasteiger partial charge on any atom is -0.399 e. The molecule has 2 rings (SSSR count). The molecule has 0 unspecified atom stereocenters. The molecule has 4 heteroatoms. The highest BCUT2D eigenvalue weighted by molar-refractivity contribution is 6.34. The van der Waals surface area contributed by atoms with Gasteiger partial charge in [0.1, 0.15) is 0 Å². The van der Waals surface area contributed by atoms with Crippen LogP contribution >= 0.6 is 11.6 Å². The standard InChI is InChI=1S/C14H19ClN2O/c1-2-7-17(9-10-3-4-10)14(18)12-8-11(16)5-6-13(12)15/h5-6,8,10H,2-4,7,9,16H2,1H3. The molecule has 0 aliphatic heterocycles. The van der Waals surface area contributed by atoms with Crippen LogP contribution in [0.25, 0.3) is 0 Å². The van der Waals surface area contributed by atoms with Crippen molar-refractivity contribution in [2.75, 3.05) is 18.8 Å². The molecular weight excluding hydrogens is 248 g/mol. The summed E-state index contributed by atoms with van der Waals surface area (Å²) in [6.07, 6.45) is 3.43. The van der Waals surface area contributed by atoms with E-state index in [0.29, 0.717) is 22.2 Å². The van der Waals surface area contributed by atoms with Crippen LogP contribution in [0.5, 0.6) is 0 Å². The second-order valence-corrected chi connectivity index (χ2v) is 5.34. The molecule has 0 aromatic heterocycles. The maximum Gasteiger partial charge on any atom is 0.255 e. The third kappa shape index (κ3) is 3.16. The van der Waals surface area contributed by atoms with E-state index in [4.69, 9.17) is 17.3 Å². The number of halogens is 1. The van der Waals surface area contributed by atoms with Gasteiger partial charge in [-0.25, -0.2) is 0 Å². The number of anilines is 1. The Kier molecular flexibility index (Phi) is 4.12. The molecule has 98 valence electrons. The third-order valence-electron chi connectivity index (χ3n) is 3.18. The Hall–Kier alpha value is -1.22. The summed E-state index contributed by atoms with van der Waals surface area (Å²) in [7, 11) is 0. The molecular formula is C14H19ClN2O. The summed E-state index contributed by atoms with van der Waals surface area (Å²) in [5.41, 5.74) is 6.82. The van der Waals surface area contributed by atoms with E-state index < -0.39 is 0 Å². The minimum atomic E-state index is 0.000972. The average Bonchev–Trinajstić information content (AvgIpc) is 3.15. The largest absolute Gasteiger partial charge is 0.399 e. The van der Waals surface area contributed by atoms with Crippen molar-refractivity contribution in [1.82, 2.24) is 4.90 Å². The van der Waals surface area contributed by atoms with Gasteiger partial charge in [0.05, 0.1) is 10.6 Å². The van der Waals surface area contributed by atoms with Crippen molar-refractivity contribution in [1.29, 1.82) is 0 Å². The van der Waals surface area contributed by atoms with Crippen LogP contribution in [0, 0.1) is 5.92 Å². The predicted octanol–water partition coefficient (Wildman–Crippen LogP) is 3.18. The number of carbonyl (C=O) groups excluding carboxylic acids is 1. The first-order valence-electron chi connectivity index (χ1n) is 6.46. The van der Waals surface area contributed by atoms with Gasteiger partial charge in [0.25, 0.3) is 5.91 Å². The van der Waals surface area contributed by atoms with Crippen molar-refractivity contribution in [3.05, 3.63) is 28.8 Å². The zero-order valence-electron chi connectivity index (χ0n) is 10.7. The molecule has 0 atom stereocenters. The van der Waals surface area contributed by atoms with Gasteiger partial charge in [-0.15, -0.1) is 0 Å². The Balaban J connectivity index is 2.17. The Labute approximate surface area is 113 Å². The number of nitrogen functional groups attached to an aromatic ring is 1. The summed E-state index contributed by atoms with van der Waals surface area (Å²) in [6.45, 7) is 3.70. The zero-order chi connectivity index (χ0) is 13.1. The molecule has 1 saturated carbocycles. The minimum absolute atomic E-state index is 0.000972. The number of benzene rings is 1. The van der Waals surface area contributed by atoms with Crippen molar-refractivity contribution in [3.63, 3.8) is 0 Å². The summed E-state index contributed by atoms with van der Waals surface area (Å²) in [4.78, 5) is 14.4. The Bertz CT molecular complexity index is 443. The number of hydrogen-bond acceptors (Lipinski definition) is 2. The number of carbonyl (C=O) groups is 1. The van der Waals surface area contributed by atoms with E-state index in [9.17, 15) is 4.79 Å². The van der Waals surface area contributed by atoms with Crippen LogP contribution in [0.4, 0.5) is 5.69 Å². The van der Waals surface area contributed by atoms with Gasteiger partial charge < -0.3 is 10.6 Å². The van der Waals surface area contributed by atoms with Gasteiger partial charge in [0, 0.05) is 18.8 Å². The number of nitrogens with two attached hydrogens (primary N) is 1. The fourth-order valence-corrected chi connectivity index (χ4v) is 2.23. The van der Waals surface area contributed by atoms with Gasteiger partial charge in [-0.05, 0) is 43.4 Å². The molecule has 1 fully saturated rings. The normalized spacial score (nSPS) is 14.6. The van der Waals surface area contributed by atoms with Crippen LogP contribution in [0.1, 0.15) is 36.5 Å². The Morgan fingerprint density at radius 2 is 2.22 bits per heavy atom. The van der Waals surface area contributed by atoms with Gasteiger partial charge in [-0.3, -0.25) is 4.79 Å². The monoisotopic (exact) mass is 266 g/mol. The van der Waals surface area contributed by atoms with Gasteiger partial charge in [0.15, 0.2) is 0 Å². The number of rotatable bonds is 5. The highest BCUT2D eigenvalue weighted by Gasteiger charge is 2.27. The molecule has 0 spiro atoms. The van der Waals surface area contributed by atoms with E-state index in [2.05, 4.69) is 6.92 Å². The van der Waals surface area contributed by atoms with Crippen molar-refractivity contribution in [3.8, 4) is 0 Å². The van der Waals surface area contributed by atoms with Gasteiger partial charge in [-0.1, -0.05) is 18.5 Å². The van der Waals surface area contributed by atoms with Crippen LogP contribution in [0.15, 0.2) is 18.2 Å². The third-order valence-corrected chi connectivity index (χ3v) is 3.51. The predicted molar refractivity (Wildman–Crippen MR) is 74.8 cm³/mol. The molecule has 0 saturated heterocycles. The first kappa shape index (κ1) is 13.2. The average molecular weight is 267 g/mol. The fraction of sp³-hybridized carbons (Fsp3) is 0.500. The van der Waals surface area contributed by atoms with E-state index in [1.165, 1.54) is 12.8 Å². The summed E-state index contributed by atoms with van der Waals surface area (Å²) in [5, 5.41) is 0.478. The van der Waals surface area contributed by atoms with Crippen LogP contribution in [0.2, 0.25) is 5.02 Å². The zero-order valence-corrected chi connectivity index (χ0v) is 11.4. The quantitative estimate of drug-likeness (QED) is 0.832. The van der Waals surface area contributed by atoms with Crippen molar-refractivity contribution >= 4 is 23.2 Å². The van der Waals surface area contributed by atoms with Crippen LogP contribution in [0.3, 0.4) is 0 Å². The lowest BCUT2D eigenvalue weighted by molar-refractivity contribution is 0.0748. The molecule has 1 aliphatic carbocycles. The number of nitrogens with zero attached hydrogens (tertiary/aromatic N) is 1. The molecule has 2 N–H and O–H groups in total.